The van der Waals surface area contributed by atoms with Crippen LogP contribution in [0.15, 0.2) is 48.8 Å². The molecule has 0 saturated carbocycles. The third-order valence-corrected chi connectivity index (χ3v) is 9.80. The van der Waals surface area contributed by atoms with Gasteiger partial charge >= 0.3 is 0 Å². The van der Waals surface area contributed by atoms with Crippen LogP contribution >= 0.6 is 0 Å². The fourth-order valence-corrected chi connectivity index (χ4v) is 8.35. The number of piperazine rings is 1. The highest BCUT2D eigenvalue weighted by atomic mass is 32.2. The van der Waals surface area contributed by atoms with Gasteiger partial charge in [-0.2, -0.15) is 4.31 Å². The summed E-state index contributed by atoms with van der Waals surface area (Å²) < 4.78 is 52.0. The number of carbonyl (C=O) groups is 1. The Morgan fingerprint density at radius 3 is 2.31 bits per heavy atom. The third kappa shape index (κ3) is 4.10. The van der Waals surface area contributed by atoms with Gasteiger partial charge in [0.15, 0.2) is 9.84 Å². The summed E-state index contributed by atoms with van der Waals surface area (Å²) in [4.78, 5) is 14.5. The van der Waals surface area contributed by atoms with Crippen LogP contribution in [0.4, 0.5) is 0 Å². The van der Waals surface area contributed by atoms with Crippen molar-refractivity contribution in [2.75, 3.05) is 37.7 Å². The van der Waals surface area contributed by atoms with Gasteiger partial charge in [0.1, 0.15) is 0 Å². The van der Waals surface area contributed by atoms with E-state index in [1.165, 1.54) is 4.31 Å². The highest BCUT2D eigenvalue weighted by Gasteiger charge is 2.41. The maximum atomic E-state index is 12.9. The maximum absolute atomic E-state index is 12.9. The van der Waals surface area contributed by atoms with E-state index >= 15 is 0 Å². The third-order valence-electron chi connectivity index (χ3n) is 5.49. The van der Waals surface area contributed by atoms with Crippen LogP contribution in [0.2, 0.25) is 0 Å². The molecule has 1 aromatic heterocycles. The maximum Gasteiger partial charge on any atom is 0.254 e. The van der Waals surface area contributed by atoms with Crippen LogP contribution in [0, 0.1) is 0 Å². The van der Waals surface area contributed by atoms with Crippen LogP contribution < -0.4 is 0 Å². The summed E-state index contributed by atoms with van der Waals surface area (Å²) in [6, 6.07) is 11.1. The zero-order chi connectivity index (χ0) is 20.6. The van der Waals surface area contributed by atoms with Gasteiger partial charge in [0.05, 0.1) is 16.8 Å². The minimum absolute atomic E-state index is 0.0763. The van der Waals surface area contributed by atoms with Gasteiger partial charge in [0, 0.05) is 49.8 Å². The first kappa shape index (κ1) is 20.1. The average molecular weight is 438 g/mol. The minimum Gasteiger partial charge on any atom is -0.336 e. The topological polar surface area (TPSA) is 96.8 Å². The van der Waals surface area contributed by atoms with Crippen molar-refractivity contribution in [3.8, 4) is 5.69 Å². The first-order chi connectivity index (χ1) is 13.8. The van der Waals surface area contributed by atoms with Gasteiger partial charge in [-0.05, 0) is 36.8 Å². The molecule has 0 N–H and O–H groups in total. The Morgan fingerprint density at radius 1 is 1.00 bits per heavy atom. The van der Waals surface area contributed by atoms with Gasteiger partial charge < -0.3 is 9.47 Å². The van der Waals surface area contributed by atoms with E-state index in [1.807, 2.05) is 47.3 Å². The lowest BCUT2D eigenvalue weighted by molar-refractivity contribution is 0.0697. The second-order valence-electron chi connectivity index (χ2n) is 7.40. The van der Waals surface area contributed by atoms with Crippen LogP contribution in [0.3, 0.4) is 0 Å². The van der Waals surface area contributed by atoms with Crippen LogP contribution in [0.1, 0.15) is 16.8 Å². The number of benzene rings is 1. The largest absolute Gasteiger partial charge is 0.336 e. The predicted molar refractivity (Wildman–Crippen MR) is 109 cm³/mol. The van der Waals surface area contributed by atoms with Crippen LogP contribution in [-0.4, -0.2) is 79.4 Å². The molecule has 3 heterocycles. The lowest BCUT2D eigenvalue weighted by Crippen LogP contribution is -2.52. The summed E-state index contributed by atoms with van der Waals surface area (Å²) in [5.74, 6) is -0.521. The van der Waals surface area contributed by atoms with E-state index in [0.29, 0.717) is 5.56 Å². The summed E-state index contributed by atoms with van der Waals surface area (Å²) in [6.07, 6.45) is 3.95. The molecule has 1 amide bonds. The van der Waals surface area contributed by atoms with Crippen molar-refractivity contribution in [1.29, 1.82) is 0 Å². The Morgan fingerprint density at radius 2 is 1.69 bits per heavy atom. The van der Waals surface area contributed by atoms with E-state index in [9.17, 15) is 21.6 Å². The molecule has 0 aliphatic carbocycles. The number of nitrogens with zero attached hydrogens (tertiary/aromatic N) is 3. The van der Waals surface area contributed by atoms with Gasteiger partial charge in [-0.25, -0.2) is 16.8 Å². The van der Waals surface area contributed by atoms with Crippen LogP contribution in [-0.2, 0) is 19.9 Å². The molecule has 2 saturated heterocycles. The number of hydrogen-bond acceptors (Lipinski definition) is 5. The number of sulfonamides is 1. The molecule has 1 atom stereocenters. The molecule has 0 spiro atoms. The minimum atomic E-state index is -3.67. The Labute approximate surface area is 170 Å². The van der Waals surface area contributed by atoms with Crippen molar-refractivity contribution in [2.24, 2.45) is 0 Å². The Bertz CT molecular complexity index is 1100. The molecule has 1 unspecified atom stereocenters. The lowest BCUT2D eigenvalue weighted by Gasteiger charge is -2.35. The molecule has 2 fully saturated rings. The molecule has 10 heteroatoms. The van der Waals surface area contributed by atoms with Gasteiger partial charge in [-0.3, -0.25) is 4.79 Å². The van der Waals surface area contributed by atoms with Crippen LogP contribution in [0.5, 0.6) is 0 Å². The predicted octanol–water partition coefficient (Wildman–Crippen LogP) is 0.752. The summed E-state index contributed by atoms with van der Waals surface area (Å²) in [5, 5.41) is -0.868. The number of sulfone groups is 1. The lowest BCUT2D eigenvalue weighted by atomic mass is 10.1. The molecular weight excluding hydrogens is 414 g/mol. The zero-order valence-corrected chi connectivity index (χ0v) is 17.5. The highest BCUT2D eigenvalue weighted by Crippen LogP contribution is 2.23. The smallest absolute Gasteiger partial charge is 0.254 e. The molecule has 4 rings (SSSR count). The second kappa shape index (κ2) is 7.58. The Kier molecular flexibility index (Phi) is 5.26. The summed E-state index contributed by atoms with van der Waals surface area (Å²) in [5.41, 5.74) is 1.43. The van der Waals surface area contributed by atoms with Gasteiger partial charge in [-0.1, -0.05) is 6.07 Å². The fraction of sp³-hybridized carbons (Fsp3) is 0.421. The van der Waals surface area contributed by atoms with Crippen molar-refractivity contribution < 1.29 is 21.6 Å². The fourth-order valence-electron chi connectivity index (χ4n) is 3.84. The van der Waals surface area contributed by atoms with E-state index in [4.69, 9.17) is 0 Å². The standard InChI is InChI=1S/C19H23N3O5S2/c23-19(16-4-3-5-17(14-16)20-7-1-2-8-20)21-9-11-22(12-10-21)29(26,27)18-6-13-28(24,25)15-18/h1-5,7-8,14,18H,6,9-13,15H2. The van der Waals surface area contributed by atoms with Crippen molar-refractivity contribution in [3.63, 3.8) is 0 Å². The van der Waals surface area contributed by atoms with E-state index in [0.717, 1.165) is 5.69 Å². The number of amides is 1. The van der Waals surface area contributed by atoms with Gasteiger partial charge in [0.25, 0.3) is 5.91 Å². The summed E-state index contributed by atoms with van der Waals surface area (Å²) in [6.45, 7) is 0.931. The molecule has 0 radical (unpaired) electrons. The van der Waals surface area contributed by atoms with Gasteiger partial charge in [-0.15, -0.1) is 0 Å². The second-order valence-corrected chi connectivity index (χ2v) is 11.8. The zero-order valence-electron chi connectivity index (χ0n) is 15.8. The molecule has 2 aromatic rings. The quantitative estimate of drug-likeness (QED) is 0.703. The molecular formula is C19H23N3O5S2. The van der Waals surface area contributed by atoms with E-state index in [2.05, 4.69) is 0 Å². The Hall–Kier alpha value is -2.17. The average Bonchev–Trinajstić information content (AvgIpc) is 3.37. The molecule has 8 nitrogen and oxygen atoms in total. The van der Waals surface area contributed by atoms with Crippen LogP contribution in [0.25, 0.3) is 5.69 Å². The number of aromatic nitrogens is 1. The van der Waals surface area contributed by atoms with E-state index < -0.39 is 25.1 Å². The first-order valence-electron chi connectivity index (χ1n) is 9.48. The molecule has 156 valence electrons. The normalized spacial score (nSPS) is 22.6. The van der Waals surface area contributed by atoms with Crippen molar-refractivity contribution in [2.45, 2.75) is 11.7 Å². The highest BCUT2D eigenvalue weighted by molar-refractivity contribution is 7.95. The SMILES string of the molecule is O=C(c1cccc(-n2cccc2)c1)N1CCN(S(=O)(=O)C2CCS(=O)(=O)C2)CC1. The first-order valence-corrected chi connectivity index (χ1v) is 12.8. The van der Waals surface area contributed by atoms with Crippen molar-refractivity contribution >= 4 is 25.8 Å². The van der Waals surface area contributed by atoms with E-state index in [1.54, 1.807) is 11.0 Å². The summed E-state index contributed by atoms with van der Waals surface area (Å²) >= 11 is 0. The van der Waals surface area contributed by atoms with Crippen molar-refractivity contribution in [1.82, 2.24) is 13.8 Å². The molecule has 0 bridgehead atoms. The molecule has 29 heavy (non-hydrogen) atoms. The number of carbonyl (C=O) groups excluding carboxylic acids is 1. The number of hydrogen-bond donors (Lipinski definition) is 0. The molecule has 2 aliphatic rings. The summed E-state index contributed by atoms with van der Waals surface area (Å²) in [7, 11) is -6.94. The number of rotatable bonds is 4. The molecule has 2 aliphatic heterocycles. The molecule has 1 aromatic carbocycles. The van der Waals surface area contributed by atoms with E-state index in [-0.39, 0.29) is 50.0 Å². The Balaban J connectivity index is 1.42. The monoisotopic (exact) mass is 437 g/mol. The van der Waals surface area contributed by atoms with Gasteiger partial charge in [0.2, 0.25) is 10.0 Å². The van der Waals surface area contributed by atoms with Crippen molar-refractivity contribution in [3.05, 3.63) is 54.4 Å².